The molecule has 2 aliphatic rings. The van der Waals surface area contributed by atoms with Gasteiger partial charge in [0.05, 0.1) is 13.2 Å². The summed E-state index contributed by atoms with van der Waals surface area (Å²) in [5.74, 6) is 0. The molecule has 0 amide bonds. The van der Waals surface area contributed by atoms with Crippen LogP contribution in [0.3, 0.4) is 0 Å². The van der Waals surface area contributed by atoms with Crippen LogP contribution in [0.5, 0.6) is 0 Å². The van der Waals surface area contributed by atoms with Crippen molar-refractivity contribution in [1.29, 1.82) is 0 Å². The van der Waals surface area contributed by atoms with E-state index in [4.69, 9.17) is 10.5 Å². The lowest BCUT2D eigenvalue weighted by Gasteiger charge is -2.28. The van der Waals surface area contributed by atoms with Crippen LogP contribution in [0.2, 0.25) is 0 Å². The minimum Gasteiger partial charge on any atom is -0.379 e. The Kier molecular flexibility index (Phi) is 3.75. The van der Waals surface area contributed by atoms with Crippen molar-refractivity contribution in [2.45, 2.75) is 12.5 Å². The summed E-state index contributed by atoms with van der Waals surface area (Å²) in [6, 6.07) is 0.416. The Balaban J connectivity index is 1.61. The summed E-state index contributed by atoms with van der Waals surface area (Å²) in [5.41, 5.74) is 5.86. The Bertz CT molecular complexity index is 166. The summed E-state index contributed by atoms with van der Waals surface area (Å²) < 4.78 is 5.31. The summed E-state index contributed by atoms with van der Waals surface area (Å²) >= 11 is 0. The van der Waals surface area contributed by atoms with Crippen molar-refractivity contribution in [3.63, 3.8) is 0 Å². The molecule has 82 valence electrons. The van der Waals surface area contributed by atoms with Crippen molar-refractivity contribution in [1.82, 2.24) is 9.80 Å². The van der Waals surface area contributed by atoms with E-state index in [1.54, 1.807) is 0 Å². The summed E-state index contributed by atoms with van der Waals surface area (Å²) in [6.07, 6.45) is 1.17. The molecule has 0 unspecified atom stereocenters. The maximum absolute atomic E-state index is 5.86. The van der Waals surface area contributed by atoms with E-state index in [0.29, 0.717) is 6.04 Å². The Morgan fingerprint density at radius 2 is 1.79 bits per heavy atom. The fourth-order valence-corrected chi connectivity index (χ4v) is 2.17. The maximum Gasteiger partial charge on any atom is 0.0594 e. The SMILES string of the molecule is N[C@H]1CCN(CCN2CCOCC2)C1. The number of nitrogens with zero attached hydrogens (tertiary/aromatic N) is 2. The highest BCUT2D eigenvalue weighted by Gasteiger charge is 2.19. The molecule has 0 aromatic heterocycles. The van der Waals surface area contributed by atoms with Crippen LogP contribution in [0.25, 0.3) is 0 Å². The van der Waals surface area contributed by atoms with Crippen LogP contribution in [-0.4, -0.2) is 68.3 Å². The second-order valence-corrected chi connectivity index (χ2v) is 4.30. The molecule has 0 bridgehead atoms. The van der Waals surface area contributed by atoms with E-state index in [0.717, 1.165) is 32.8 Å². The highest BCUT2D eigenvalue weighted by atomic mass is 16.5. The molecule has 1 atom stereocenters. The van der Waals surface area contributed by atoms with E-state index in [-0.39, 0.29) is 0 Å². The van der Waals surface area contributed by atoms with Gasteiger partial charge in [0.2, 0.25) is 0 Å². The van der Waals surface area contributed by atoms with Gasteiger partial charge >= 0.3 is 0 Å². The summed E-state index contributed by atoms with van der Waals surface area (Å²) in [6.45, 7) is 8.62. The largest absolute Gasteiger partial charge is 0.379 e. The van der Waals surface area contributed by atoms with Gasteiger partial charge in [-0.15, -0.1) is 0 Å². The molecular formula is C10H21N3O. The van der Waals surface area contributed by atoms with Crippen molar-refractivity contribution in [3.8, 4) is 0 Å². The van der Waals surface area contributed by atoms with Gasteiger partial charge in [-0.1, -0.05) is 0 Å². The van der Waals surface area contributed by atoms with Gasteiger partial charge in [-0.25, -0.2) is 0 Å². The number of hydrogen-bond acceptors (Lipinski definition) is 4. The zero-order chi connectivity index (χ0) is 9.80. The maximum atomic E-state index is 5.86. The fourth-order valence-electron chi connectivity index (χ4n) is 2.17. The molecule has 2 rings (SSSR count). The molecule has 2 aliphatic heterocycles. The van der Waals surface area contributed by atoms with E-state index >= 15 is 0 Å². The number of likely N-dealkylation sites (tertiary alicyclic amines) is 1. The van der Waals surface area contributed by atoms with Gasteiger partial charge in [-0.05, 0) is 13.0 Å². The van der Waals surface area contributed by atoms with Crippen molar-refractivity contribution in [2.24, 2.45) is 5.73 Å². The van der Waals surface area contributed by atoms with Crippen molar-refractivity contribution in [2.75, 3.05) is 52.5 Å². The molecule has 2 N–H and O–H groups in total. The lowest BCUT2D eigenvalue weighted by Crippen LogP contribution is -2.41. The van der Waals surface area contributed by atoms with Crippen LogP contribution >= 0.6 is 0 Å². The van der Waals surface area contributed by atoms with E-state index in [9.17, 15) is 0 Å². The van der Waals surface area contributed by atoms with Gasteiger partial charge in [0, 0.05) is 38.8 Å². The van der Waals surface area contributed by atoms with Crippen LogP contribution in [0, 0.1) is 0 Å². The normalized spacial score (nSPS) is 31.1. The predicted octanol–water partition coefficient (Wildman–Crippen LogP) is -0.648. The third kappa shape index (κ3) is 2.92. The first kappa shape index (κ1) is 10.4. The van der Waals surface area contributed by atoms with Crippen molar-refractivity contribution >= 4 is 0 Å². The number of morpholine rings is 1. The fraction of sp³-hybridized carbons (Fsp3) is 1.00. The smallest absolute Gasteiger partial charge is 0.0594 e. The quantitative estimate of drug-likeness (QED) is 0.656. The molecule has 0 aromatic carbocycles. The molecule has 0 saturated carbocycles. The monoisotopic (exact) mass is 199 g/mol. The summed E-state index contributed by atoms with van der Waals surface area (Å²) in [5, 5.41) is 0. The summed E-state index contributed by atoms with van der Waals surface area (Å²) in [7, 11) is 0. The van der Waals surface area contributed by atoms with Gasteiger partial charge in [-0.3, -0.25) is 4.90 Å². The Morgan fingerprint density at radius 1 is 1.07 bits per heavy atom. The van der Waals surface area contributed by atoms with E-state index in [1.807, 2.05) is 0 Å². The zero-order valence-electron chi connectivity index (χ0n) is 8.82. The Hall–Kier alpha value is -0.160. The topological polar surface area (TPSA) is 41.7 Å². The molecule has 2 heterocycles. The molecule has 2 fully saturated rings. The molecule has 4 nitrogen and oxygen atoms in total. The van der Waals surface area contributed by atoms with E-state index in [1.165, 1.54) is 26.1 Å². The molecule has 2 saturated heterocycles. The van der Waals surface area contributed by atoms with Gasteiger partial charge < -0.3 is 15.4 Å². The van der Waals surface area contributed by atoms with Crippen LogP contribution in [-0.2, 0) is 4.74 Å². The molecule has 4 heteroatoms. The first-order valence-corrected chi connectivity index (χ1v) is 5.62. The van der Waals surface area contributed by atoms with E-state index in [2.05, 4.69) is 9.80 Å². The van der Waals surface area contributed by atoms with Crippen molar-refractivity contribution in [3.05, 3.63) is 0 Å². The van der Waals surface area contributed by atoms with Crippen molar-refractivity contribution < 1.29 is 4.74 Å². The lowest BCUT2D eigenvalue weighted by atomic mass is 10.3. The molecule has 0 radical (unpaired) electrons. The molecule has 0 aromatic rings. The van der Waals surface area contributed by atoms with Gasteiger partial charge in [0.1, 0.15) is 0 Å². The van der Waals surface area contributed by atoms with E-state index < -0.39 is 0 Å². The van der Waals surface area contributed by atoms with Crippen LogP contribution < -0.4 is 5.73 Å². The third-order valence-electron chi connectivity index (χ3n) is 3.14. The molecule has 0 spiro atoms. The average Bonchev–Trinajstić information content (AvgIpc) is 2.63. The van der Waals surface area contributed by atoms with Crippen LogP contribution in [0.4, 0.5) is 0 Å². The first-order valence-electron chi connectivity index (χ1n) is 5.62. The average molecular weight is 199 g/mol. The number of rotatable bonds is 3. The lowest BCUT2D eigenvalue weighted by molar-refractivity contribution is 0.0343. The first-order chi connectivity index (χ1) is 6.84. The zero-order valence-corrected chi connectivity index (χ0v) is 8.82. The Morgan fingerprint density at radius 3 is 2.43 bits per heavy atom. The number of hydrogen-bond donors (Lipinski definition) is 1. The second kappa shape index (κ2) is 5.07. The van der Waals surface area contributed by atoms with Gasteiger partial charge in [0.15, 0.2) is 0 Å². The minimum absolute atomic E-state index is 0.416. The number of nitrogens with two attached hydrogens (primary N) is 1. The van der Waals surface area contributed by atoms with Crippen LogP contribution in [0.1, 0.15) is 6.42 Å². The standard InChI is InChI=1S/C10H21N3O/c11-10-1-2-13(9-10)4-3-12-5-7-14-8-6-12/h10H,1-9,11H2/t10-/m0/s1. The molecular weight excluding hydrogens is 178 g/mol. The highest BCUT2D eigenvalue weighted by Crippen LogP contribution is 2.06. The number of ether oxygens (including phenoxy) is 1. The summed E-state index contributed by atoms with van der Waals surface area (Å²) in [4.78, 5) is 4.95. The van der Waals surface area contributed by atoms with Gasteiger partial charge in [0.25, 0.3) is 0 Å². The predicted molar refractivity (Wildman–Crippen MR) is 56.3 cm³/mol. The second-order valence-electron chi connectivity index (χ2n) is 4.30. The van der Waals surface area contributed by atoms with Crippen LogP contribution in [0.15, 0.2) is 0 Å². The third-order valence-corrected chi connectivity index (χ3v) is 3.14. The van der Waals surface area contributed by atoms with Gasteiger partial charge in [-0.2, -0.15) is 0 Å². The Labute approximate surface area is 86.0 Å². The molecule has 0 aliphatic carbocycles. The highest BCUT2D eigenvalue weighted by molar-refractivity contribution is 4.78. The molecule has 14 heavy (non-hydrogen) atoms. The minimum atomic E-state index is 0.416.